The molecule has 6 rings (SSSR count). The van der Waals surface area contributed by atoms with E-state index in [2.05, 4.69) is 31.6 Å². The van der Waals surface area contributed by atoms with Crippen LogP contribution in [-0.4, -0.2) is 81.1 Å². The SMILES string of the molecule is O=C1C[C@@H](NC2CCS(=O)CC2)C(=O)NC[C@@H](Cc2ccccc2)NC(=O)[C@H](Cc2ccccc2)NC(=O)[C@H](Cc2c[nH]c3ccccc23)N1. The fourth-order valence-corrected chi connectivity index (χ4v) is 7.99. The molecular weight excluding hydrogens is 653 g/mol. The van der Waals surface area contributed by atoms with Crippen molar-refractivity contribution in [3.05, 3.63) is 108 Å². The number of aromatic amines is 1. The minimum absolute atomic E-state index is 0.0842. The fourth-order valence-electron chi connectivity index (χ4n) is 6.69. The molecule has 2 aliphatic heterocycles. The van der Waals surface area contributed by atoms with E-state index in [1.807, 2.05) is 91.1 Å². The number of carbonyl (C=O) groups is 4. The molecule has 0 bridgehead atoms. The van der Waals surface area contributed by atoms with Gasteiger partial charge in [0.15, 0.2) is 0 Å². The number of aromatic nitrogens is 1. The number of amides is 4. The topological polar surface area (TPSA) is 161 Å². The average molecular weight is 697 g/mol. The van der Waals surface area contributed by atoms with Crippen molar-refractivity contribution in [2.45, 2.75) is 68.7 Å². The molecule has 0 aliphatic carbocycles. The Morgan fingerprint density at radius 1 is 0.680 bits per heavy atom. The highest BCUT2D eigenvalue weighted by Crippen LogP contribution is 2.20. The Balaban J connectivity index is 1.31. The van der Waals surface area contributed by atoms with Gasteiger partial charge < -0.3 is 31.6 Å². The number of para-hydroxylation sites is 1. The number of hydrogen-bond donors (Lipinski definition) is 6. The van der Waals surface area contributed by atoms with E-state index in [4.69, 9.17) is 0 Å². The van der Waals surface area contributed by atoms with Gasteiger partial charge in [-0.15, -0.1) is 0 Å². The lowest BCUT2D eigenvalue weighted by molar-refractivity contribution is -0.133. The fraction of sp³-hybridized carbons (Fsp3) is 0.368. The third-order valence-corrected chi connectivity index (χ3v) is 10.8. The van der Waals surface area contributed by atoms with Gasteiger partial charge in [-0.3, -0.25) is 23.4 Å². The molecule has 262 valence electrons. The number of fused-ring (bicyclic) bond motifs is 1. The van der Waals surface area contributed by atoms with Gasteiger partial charge in [-0.25, -0.2) is 0 Å². The van der Waals surface area contributed by atoms with E-state index in [0.717, 1.165) is 27.6 Å². The Morgan fingerprint density at radius 2 is 1.30 bits per heavy atom. The van der Waals surface area contributed by atoms with Crippen LogP contribution in [0.1, 0.15) is 36.0 Å². The third kappa shape index (κ3) is 9.45. The van der Waals surface area contributed by atoms with Crippen LogP contribution >= 0.6 is 0 Å². The van der Waals surface area contributed by atoms with Crippen LogP contribution in [0.15, 0.2) is 91.1 Å². The quantitative estimate of drug-likeness (QED) is 0.165. The van der Waals surface area contributed by atoms with Crippen molar-refractivity contribution in [2.24, 2.45) is 0 Å². The van der Waals surface area contributed by atoms with E-state index < -0.39 is 52.7 Å². The Morgan fingerprint density at radius 3 is 2.02 bits per heavy atom. The van der Waals surface area contributed by atoms with Crippen LogP contribution in [0.3, 0.4) is 0 Å². The molecule has 3 heterocycles. The minimum atomic E-state index is -1.03. The van der Waals surface area contributed by atoms with Gasteiger partial charge in [0.1, 0.15) is 12.1 Å². The zero-order valence-corrected chi connectivity index (χ0v) is 28.7. The molecule has 4 aromatic rings. The lowest BCUT2D eigenvalue weighted by Crippen LogP contribution is -2.59. The van der Waals surface area contributed by atoms with E-state index in [0.29, 0.717) is 30.8 Å². The maximum absolute atomic E-state index is 14.2. The van der Waals surface area contributed by atoms with Crippen LogP contribution in [0.25, 0.3) is 10.9 Å². The van der Waals surface area contributed by atoms with Gasteiger partial charge in [0.05, 0.1) is 18.5 Å². The number of benzene rings is 3. The third-order valence-electron chi connectivity index (χ3n) is 9.39. The summed E-state index contributed by atoms with van der Waals surface area (Å²) in [6.45, 7) is 0.114. The van der Waals surface area contributed by atoms with Crippen LogP contribution in [0.2, 0.25) is 0 Å². The van der Waals surface area contributed by atoms with Crippen molar-refractivity contribution in [2.75, 3.05) is 18.1 Å². The van der Waals surface area contributed by atoms with E-state index in [1.165, 1.54) is 0 Å². The highest BCUT2D eigenvalue weighted by Gasteiger charge is 2.33. The Hall–Kier alpha value is -4.81. The van der Waals surface area contributed by atoms with Crippen molar-refractivity contribution < 1.29 is 23.4 Å². The van der Waals surface area contributed by atoms with Gasteiger partial charge in [0.25, 0.3) is 0 Å². The zero-order valence-electron chi connectivity index (χ0n) is 27.9. The molecule has 4 atom stereocenters. The monoisotopic (exact) mass is 696 g/mol. The Bertz CT molecular complexity index is 1810. The zero-order chi connectivity index (χ0) is 34.9. The summed E-state index contributed by atoms with van der Waals surface area (Å²) in [5.74, 6) is -0.689. The van der Waals surface area contributed by atoms with Crippen LogP contribution < -0.4 is 26.6 Å². The van der Waals surface area contributed by atoms with Crippen molar-refractivity contribution in [3.8, 4) is 0 Å². The molecule has 2 saturated heterocycles. The van der Waals surface area contributed by atoms with E-state index in [-0.39, 0.29) is 37.8 Å². The summed E-state index contributed by atoms with van der Waals surface area (Å²) < 4.78 is 12.0. The molecule has 50 heavy (non-hydrogen) atoms. The van der Waals surface area contributed by atoms with Crippen LogP contribution in [0.4, 0.5) is 0 Å². The largest absolute Gasteiger partial charge is 0.361 e. The van der Waals surface area contributed by atoms with Gasteiger partial charge in [0.2, 0.25) is 23.6 Å². The summed E-state index contributed by atoms with van der Waals surface area (Å²) in [5, 5.41) is 16.2. The first kappa shape index (κ1) is 35.0. The second-order valence-corrected chi connectivity index (χ2v) is 14.8. The van der Waals surface area contributed by atoms with Crippen LogP contribution in [-0.2, 0) is 49.2 Å². The first-order valence-corrected chi connectivity index (χ1v) is 18.7. The molecular formula is C38H44N6O5S. The lowest BCUT2D eigenvalue weighted by Gasteiger charge is -2.30. The number of hydrogen-bond acceptors (Lipinski definition) is 6. The number of carbonyl (C=O) groups excluding carboxylic acids is 4. The van der Waals surface area contributed by atoms with Crippen molar-refractivity contribution in [1.82, 2.24) is 31.6 Å². The molecule has 0 unspecified atom stereocenters. The normalized spacial score (nSPS) is 25.5. The molecule has 2 fully saturated rings. The number of nitrogens with one attached hydrogen (secondary N) is 6. The summed E-state index contributed by atoms with van der Waals surface area (Å²) in [4.78, 5) is 59.0. The highest BCUT2D eigenvalue weighted by molar-refractivity contribution is 7.85. The molecule has 0 saturated carbocycles. The molecule has 0 radical (unpaired) electrons. The van der Waals surface area contributed by atoms with Gasteiger partial charge >= 0.3 is 0 Å². The highest BCUT2D eigenvalue weighted by atomic mass is 32.2. The maximum Gasteiger partial charge on any atom is 0.243 e. The predicted octanol–water partition coefficient (Wildman–Crippen LogP) is 2.04. The molecule has 6 N–H and O–H groups in total. The number of rotatable bonds is 8. The maximum atomic E-state index is 14.2. The van der Waals surface area contributed by atoms with Crippen LogP contribution in [0.5, 0.6) is 0 Å². The van der Waals surface area contributed by atoms with Crippen molar-refractivity contribution in [1.29, 1.82) is 0 Å². The van der Waals surface area contributed by atoms with Gasteiger partial charge in [-0.05, 0) is 42.0 Å². The molecule has 1 aromatic heterocycles. The standard InChI is InChI=1S/C38H44N6O5S/c45-35-22-34(41-28-15-17-50(49)18-16-28)36(46)40-24-29(19-25-9-3-1-4-10-25)42-37(47)32(20-26-11-5-2-6-12-26)44-38(48)33(43-35)21-27-23-39-31-14-8-7-13-30(27)31/h1-14,23,28-29,32-34,39,41H,15-22,24H2,(H,40,46)(H,42,47)(H,43,45)(H,44,48)/t28?,29-,32+,33+,34-,50?/m1/s1. The van der Waals surface area contributed by atoms with Crippen molar-refractivity contribution in [3.63, 3.8) is 0 Å². The van der Waals surface area contributed by atoms with E-state index in [1.54, 1.807) is 0 Å². The van der Waals surface area contributed by atoms with Crippen LogP contribution in [0, 0.1) is 0 Å². The van der Waals surface area contributed by atoms with Gasteiger partial charge in [-0.2, -0.15) is 0 Å². The molecule has 3 aromatic carbocycles. The van der Waals surface area contributed by atoms with Crippen molar-refractivity contribution >= 4 is 45.3 Å². The molecule has 4 amide bonds. The predicted molar refractivity (Wildman–Crippen MR) is 194 cm³/mol. The minimum Gasteiger partial charge on any atom is -0.361 e. The first-order chi connectivity index (χ1) is 24.3. The summed E-state index contributed by atoms with van der Waals surface area (Å²) in [6, 6.07) is 23.4. The smallest absolute Gasteiger partial charge is 0.243 e. The molecule has 12 heteroatoms. The molecule has 2 aliphatic rings. The molecule has 0 spiro atoms. The van der Waals surface area contributed by atoms with Gasteiger partial charge in [-0.1, -0.05) is 78.9 Å². The second kappa shape index (κ2) is 16.7. The Kier molecular flexibility index (Phi) is 11.7. The first-order valence-electron chi connectivity index (χ1n) is 17.2. The Labute approximate surface area is 294 Å². The van der Waals surface area contributed by atoms with Gasteiger partial charge in [0, 0.05) is 64.8 Å². The summed E-state index contributed by atoms with van der Waals surface area (Å²) in [5.41, 5.74) is 3.56. The second-order valence-electron chi connectivity index (χ2n) is 13.1. The number of H-pyrrole nitrogens is 1. The van der Waals surface area contributed by atoms with E-state index in [9.17, 15) is 23.4 Å². The lowest BCUT2D eigenvalue weighted by atomic mass is 10.00. The molecule has 11 nitrogen and oxygen atoms in total. The summed E-state index contributed by atoms with van der Waals surface area (Å²) in [7, 11) is -0.888. The summed E-state index contributed by atoms with van der Waals surface area (Å²) >= 11 is 0. The van der Waals surface area contributed by atoms with E-state index >= 15 is 0 Å². The average Bonchev–Trinajstić information content (AvgIpc) is 3.53. The summed E-state index contributed by atoms with van der Waals surface area (Å²) in [6.07, 6.45) is 3.70.